The largest absolute Gasteiger partial charge is 0.416 e. The van der Waals surface area contributed by atoms with Crippen molar-refractivity contribution in [2.75, 3.05) is 0 Å². The standard InChI is InChI=1S/C15H9ClF3N5O/c16-11-6-9(15(17,18)19)5-10(21-11)7-1-3-8(4-2-7)12-13(14(20)25)23-24-22-12/h1-6H,(H2,20,25)(H,22,23,24). The fourth-order valence-electron chi connectivity index (χ4n) is 2.21. The number of H-pyrrole nitrogens is 1. The van der Waals surface area contributed by atoms with Crippen LogP contribution in [0, 0.1) is 0 Å². The number of nitrogens with zero attached hydrogens (tertiary/aromatic N) is 3. The van der Waals surface area contributed by atoms with Gasteiger partial charge in [-0.25, -0.2) is 4.98 Å². The maximum atomic E-state index is 12.9. The molecule has 3 aromatic rings. The molecule has 0 aliphatic heterocycles. The van der Waals surface area contributed by atoms with Crippen LogP contribution < -0.4 is 5.73 Å². The molecule has 0 bridgehead atoms. The topological polar surface area (TPSA) is 97.6 Å². The first kappa shape index (κ1) is 16.9. The van der Waals surface area contributed by atoms with Crippen LogP contribution in [-0.2, 0) is 6.18 Å². The van der Waals surface area contributed by atoms with Crippen molar-refractivity contribution in [3.8, 4) is 22.5 Å². The van der Waals surface area contributed by atoms with E-state index in [1.54, 1.807) is 12.1 Å². The Morgan fingerprint density at radius 2 is 1.72 bits per heavy atom. The number of benzene rings is 1. The van der Waals surface area contributed by atoms with Crippen LogP contribution >= 0.6 is 11.6 Å². The first-order valence-corrected chi connectivity index (χ1v) is 7.19. The molecule has 128 valence electrons. The van der Waals surface area contributed by atoms with E-state index in [2.05, 4.69) is 20.4 Å². The summed E-state index contributed by atoms with van der Waals surface area (Å²) < 4.78 is 38.7. The van der Waals surface area contributed by atoms with Gasteiger partial charge in [0.25, 0.3) is 5.91 Å². The van der Waals surface area contributed by atoms with Crippen molar-refractivity contribution in [1.82, 2.24) is 20.4 Å². The normalized spacial score (nSPS) is 11.5. The number of nitrogens with one attached hydrogen (secondary N) is 1. The van der Waals surface area contributed by atoms with E-state index in [0.717, 1.165) is 12.1 Å². The second-order valence-corrected chi connectivity index (χ2v) is 5.41. The lowest BCUT2D eigenvalue weighted by Gasteiger charge is -2.09. The molecular weight excluding hydrogens is 359 g/mol. The Hall–Kier alpha value is -2.94. The van der Waals surface area contributed by atoms with Gasteiger partial charge in [0.2, 0.25) is 0 Å². The number of nitrogens with two attached hydrogens (primary N) is 1. The Bertz CT molecular complexity index is 937. The van der Waals surface area contributed by atoms with Crippen LogP contribution in [0.1, 0.15) is 16.1 Å². The lowest BCUT2D eigenvalue weighted by molar-refractivity contribution is -0.137. The van der Waals surface area contributed by atoms with Gasteiger partial charge in [0, 0.05) is 11.1 Å². The van der Waals surface area contributed by atoms with E-state index in [9.17, 15) is 18.0 Å². The average Bonchev–Trinajstić information content (AvgIpc) is 3.03. The van der Waals surface area contributed by atoms with Gasteiger partial charge in [0.15, 0.2) is 5.69 Å². The molecule has 0 saturated heterocycles. The number of aromatic nitrogens is 4. The highest BCUT2D eigenvalue weighted by molar-refractivity contribution is 6.29. The molecule has 0 atom stereocenters. The maximum absolute atomic E-state index is 12.9. The van der Waals surface area contributed by atoms with Crippen molar-refractivity contribution in [3.05, 3.63) is 52.8 Å². The summed E-state index contributed by atoms with van der Waals surface area (Å²) in [5.74, 6) is -0.751. The third kappa shape index (κ3) is 3.45. The molecule has 0 aliphatic carbocycles. The predicted molar refractivity (Wildman–Crippen MR) is 83.6 cm³/mol. The molecule has 0 unspecified atom stereocenters. The van der Waals surface area contributed by atoms with Crippen LogP contribution in [0.15, 0.2) is 36.4 Å². The van der Waals surface area contributed by atoms with Crippen LogP contribution in [0.3, 0.4) is 0 Å². The summed E-state index contributed by atoms with van der Waals surface area (Å²) in [7, 11) is 0. The van der Waals surface area contributed by atoms with Crippen LogP contribution in [0.25, 0.3) is 22.5 Å². The Morgan fingerprint density at radius 3 is 2.32 bits per heavy atom. The number of carbonyl (C=O) groups excluding carboxylic acids is 1. The van der Waals surface area contributed by atoms with Crippen molar-refractivity contribution in [1.29, 1.82) is 0 Å². The van der Waals surface area contributed by atoms with Gasteiger partial charge in [0.05, 0.1) is 11.3 Å². The Morgan fingerprint density at radius 1 is 1.08 bits per heavy atom. The lowest BCUT2D eigenvalue weighted by Crippen LogP contribution is -2.12. The van der Waals surface area contributed by atoms with E-state index in [1.165, 1.54) is 12.1 Å². The summed E-state index contributed by atoms with van der Waals surface area (Å²) in [6.45, 7) is 0. The molecular formula is C15H9ClF3N5O. The van der Waals surface area contributed by atoms with Gasteiger partial charge in [-0.3, -0.25) is 4.79 Å². The molecule has 0 radical (unpaired) electrons. The minimum absolute atomic E-state index is 0.0343. The molecule has 1 amide bonds. The van der Waals surface area contributed by atoms with E-state index in [1.807, 2.05) is 0 Å². The van der Waals surface area contributed by atoms with Gasteiger partial charge in [0.1, 0.15) is 10.8 Å². The van der Waals surface area contributed by atoms with E-state index >= 15 is 0 Å². The van der Waals surface area contributed by atoms with E-state index < -0.39 is 17.6 Å². The second-order valence-electron chi connectivity index (χ2n) is 5.02. The zero-order valence-corrected chi connectivity index (χ0v) is 13.1. The summed E-state index contributed by atoms with van der Waals surface area (Å²) in [6.07, 6.45) is -4.53. The summed E-state index contributed by atoms with van der Waals surface area (Å²) in [5.41, 5.74) is 5.53. The Balaban J connectivity index is 2.00. The minimum Gasteiger partial charge on any atom is -0.364 e. The maximum Gasteiger partial charge on any atom is 0.416 e. The van der Waals surface area contributed by atoms with Gasteiger partial charge in [-0.15, -0.1) is 0 Å². The number of pyridine rings is 1. The second kappa shape index (κ2) is 6.17. The Kier molecular flexibility index (Phi) is 4.17. The lowest BCUT2D eigenvalue weighted by atomic mass is 10.0. The molecule has 3 rings (SSSR count). The zero-order valence-electron chi connectivity index (χ0n) is 12.3. The molecule has 2 aromatic heterocycles. The fourth-order valence-corrected chi connectivity index (χ4v) is 2.42. The van der Waals surface area contributed by atoms with Crippen molar-refractivity contribution >= 4 is 17.5 Å². The summed E-state index contributed by atoms with van der Waals surface area (Å²) in [5, 5.41) is 9.54. The quantitative estimate of drug-likeness (QED) is 0.694. The number of hydrogen-bond donors (Lipinski definition) is 2. The smallest absolute Gasteiger partial charge is 0.364 e. The highest BCUT2D eigenvalue weighted by Crippen LogP contribution is 2.33. The van der Waals surface area contributed by atoms with Crippen LogP contribution in [-0.4, -0.2) is 26.3 Å². The molecule has 1 aromatic carbocycles. The molecule has 0 fully saturated rings. The highest BCUT2D eigenvalue weighted by Gasteiger charge is 2.31. The van der Waals surface area contributed by atoms with Crippen LogP contribution in [0.5, 0.6) is 0 Å². The summed E-state index contributed by atoms with van der Waals surface area (Å²) in [6, 6.07) is 7.87. The number of hydrogen-bond acceptors (Lipinski definition) is 4. The number of amides is 1. The van der Waals surface area contributed by atoms with Crippen molar-refractivity contribution < 1.29 is 18.0 Å². The predicted octanol–water partition coefficient (Wildman–Crippen LogP) is 3.30. The van der Waals surface area contributed by atoms with E-state index in [-0.39, 0.29) is 22.2 Å². The van der Waals surface area contributed by atoms with Crippen molar-refractivity contribution in [3.63, 3.8) is 0 Å². The molecule has 0 spiro atoms. The molecule has 2 heterocycles. The van der Waals surface area contributed by atoms with E-state index in [4.69, 9.17) is 17.3 Å². The third-order valence-corrected chi connectivity index (χ3v) is 3.55. The number of alkyl halides is 3. The number of carbonyl (C=O) groups is 1. The highest BCUT2D eigenvalue weighted by atomic mass is 35.5. The summed E-state index contributed by atoms with van der Waals surface area (Å²) >= 11 is 5.69. The molecule has 3 N–H and O–H groups in total. The first-order chi connectivity index (χ1) is 11.8. The Labute approximate surface area is 143 Å². The monoisotopic (exact) mass is 367 g/mol. The van der Waals surface area contributed by atoms with Gasteiger partial charge < -0.3 is 5.73 Å². The molecule has 6 nitrogen and oxygen atoms in total. The minimum atomic E-state index is -4.53. The molecule has 0 aliphatic rings. The van der Waals surface area contributed by atoms with Gasteiger partial charge in [-0.2, -0.15) is 28.6 Å². The number of rotatable bonds is 3. The molecule has 25 heavy (non-hydrogen) atoms. The molecule has 0 saturated carbocycles. The van der Waals surface area contributed by atoms with Gasteiger partial charge in [-0.05, 0) is 12.1 Å². The zero-order chi connectivity index (χ0) is 18.2. The van der Waals surface area contributed by atoms with Crippen LogP contribution in [0.4, 0.5) is 13.2 Å². The van der Waals surface area contributed by atoms with Crippen molar-refractivity contribution in [2.45, 2.75) is 6.18 Å². The van der Waals surface area contributed by atoms with Crippen LogP contribution in [0.2, 0.25) is 5.15 Å². The van der Waals surface area contributed by atoms with Crippen molar-refractivity contribution in [2.24, 2.45) is 5.73 Å². The van der Waals surface area contributed by atoms with E-state index in [0.29, 0.717) is 11.1 Å². The number of primary amides is 1. The van der Waals surface area contributed by atoms with Gasteiger partial charge >= 0.3 is 6.18 Å². The SMILES string of the molecule is NC(=O)c1n[nH]nc1-c1ccc(-c2cc(C(F)(F)F)cc(Cl)n2)cc1. The average molecular weight is 368 g/mol. The molecule has 10 heteroatoms. The third-order valence-electron chi connectivity index (χ3n) is 3.36. The number of aromatic amines is 1. The number of halogens is 4. The summed E-state index contributed by atoms with van der Waals surface area (Å²) in [4.78, 5) is 15.2. The fraction of sp³-hybridized carbons (Fsp3) is 0.0667. The first-order valence-electron chi connectivity index (χ1n) is 6.82. The van der Waals surface area contributed by atoms with Gasteiger partial charge in [-0.1, -0.05) is 35.9 Å².